The zero-order valence-electron chi connectivity index (χ0n) is 16.9. The minimum Gasteiger partial charge on any atom is -0.406 e. The second-order valence-corrected chi connectivity index (χ2v) is 7.71. The molecule has 0 spiro atoms. The summed E-state index contributed by atoms with van der Waals surface area (Å²) in [4.78, 5) is 18.2. The predicted octanol–water partition coefficient (Wildman–Crippen LogP) is 3.90. The Morgan fingerprint density at radius 1 is 0.938 bits per heavy atom. The van der Waals surface area contributed by atoms with E-state index in [0.29, 0.717) is 26.2 Å². The van der Waals surface area contributed by atoms with Gasteiger partial charge >= 0.3 is 12.4 Å². The number of amides is 2. The fraction of sp³-hybridized carbons (Fsp3) is 0.381. The van der Waals surface area contributed by atoms with Crippen LogP contribution in [-0.2, 0) is 0 Å². The number of rotatable bonds is 4. The summed E-state index contributed by atoms with van der Waals surface area (Å²) >= 11 is 0. The molecule has 2 saturated heterocycles. The van der Waals surface area contributed by atoms with Crippen LogP contribution in [0.4, 0.5) is 38.1 Å². The van der Waals surface area contributed by atoms with Crippen LogP contribution < -0.4 is 15.0 Å². The lowest BCUT2D eigenvalue weighted by atomic mass is 10.1. The van der Waals surface area contributed by atoms with Crippen molar-refractivity contribution < 1.29 is 31.5 Å². The van der Waals surface area contributed by atoms with E-state index in [1.54, 1.807) is 17.0 Å². The number of carbonyl (C=O) groups excluding carboxylic acids is 1. The number of piperazine rings is 1. The van der Waals surface area contributed by atoms with E-state index in [1.165, 1.54) is 12.1 Å². The molecule has 2 aromatic rings. The second kappa shape index (κ2) is 8.81. The number of likely N-dealkylation sites (tertiary alicyclic amines) is 1. The topological polar surface area (TPSA) is 48.1 Å². The number of hydrogen-bond acceptors (Lipinski definition) is 4. The van der Waals surface area contributed by atoms with E-state index in [4.69, 9.17) is 0 Å². The maximum absolute atomic E-state index is 13.3. The third kappa shape index (κ3) is 5.39. The van der Waals surface area contributed by atoms with Gasteiger partial charge in [0.1, 0.15) is 17.4 Å². The molecule has 2 amide bonds. The summed E-state index contributed by atoms with van der Waals surface area (Å²) in [5.41, 5.74) is 0.882. The third-order valence-electron chi connectivity index (χ3n) is 5.53. The molecule has 0 bridgehead atoms. The average molecular weight is 456 g/mol. The van der Waals surface area contributed by atoms with Crippen LogP contribution in [0.2, 0.25) is 0 Å². The number of halogens is 5. The summed E-state index contributed by atoms with van der Waals surface area (Å²) in [6, 6.07) is 8.41. The van der Waals surface area contributed by atoms with Crippen molar-refractivity contribution in [1.29, 1.82) is 0 Å². The van der Waals surface area contributed by atoms with Gasteiger partial charge in [0.15, 0.2) is 0 Å². The molecule has 0 aliphatic carbocycles. The van der Waals surface area contributed by atoms with Crippen molar-refractivity contribution in [2.75, 3.05) is 49.5 Å². The van der Waals surface area contributed by atoms with Gasteiger partial charge in [0.05, 0.1) is 0 Å². The molecule has 32 heavy (non-hydrogen) atoms. The molecule has 2 aliphatic rings. The molecular formula is C21H21F5N4O2. The van der Waals surface area contributed by atoms with Crippen molar-refractivity contribution in [2.45, 2.75) is 12.4 Å². The standard InChI is InChI=1S/C21H21F5N4O2/c22-14-9-15(23)11-16(10-14)27-20(31)30-12-18(13-30)29-7-5-28(6-8-29)17-1-3-19(4-2-17)32-21(24,25)26/h1-4,9-11,18H,5-8,12-13H2,(H,27,31). The Morgan fingerprint density at radius 2 is 1.53 bits per heavy atom. The van der Waals surface area contributed by atoms with Crippen LogP contribution in [0.15, 0.2) is 42.5 Å². The van der Waals surface area contributed by atoms with Crippen LogP contribution in [0.5, 0.6) is 5.75 Å². The Bertz CT molecular complexity index is 935. The van der Waals surface area contributed by atoms with Gasteiger partial charge in [-0.25, -0.2) is 13.6 Å². The van der Waals surface area contributed by atoms with Gasteiger partial charge in [0.2, 0.25) is 0 Å². The van der Waals surface area contributed by atoms with Crippen molar-refractivity contribution in [1.82, 2.24) is 9.80 Å². The Labute approximate surface area is 181 Å². The molecule has 0 unspecified atom stereocenters. The molecule has 11 heteroatoms. The van der Waals surface area contributed by atoms with Gasteiger partial charge in [-0.3, -0.25) is 4.90 Å². The smallest absolute Gasteiger partial charge is 0.406 e. The highest BCUT2D eigenvalue weighted by Gasteiger charge is 2.36. The Morgan fingerprint density at radius 3 is 2.09 bits per heavy atom. The predicted molar refractivity (Wildman–Crippen MR) is 108 cm³/mol. The molecule has 0 atom stereocenters. The number of nitrogens with zero attached hydrogens (tertiary/aromatic N) is 3. The monoisotopic (exact) mass is 456 g/mol. The number of hydrogen-bond donors (Lipinski definition) is 1. The molecule has 2 fully saturated rings. The van der Waals surface area contributed by atoms with Crippen LogP contribution in [0.25, 0.3) is 0 Å². The first-order valence-corrected chi connectivity index (χ1v) is 10.0. The fourth-order valence-electron chi connectivity index (χ4n) is 3.88. The molecule has 2 heterocycles. The number of urea groups is 1. The van der Waals surface area contributed by atoms with E-state index in [1.807, 2.05) is 0 Å². The van der Waals surface area contributed by atoms with Gasteiger partial charge in [-0.2, -0.15) is 0 Å². The first kappa shape index (κ1) is 22.1. The summed E-state index contributed by atoms with van der Waals surface area (Å²) in [6.45, 7) is 3.90. The quantitative estimate of drug-likeness (QED) is 0.710. The summed E-state index contributed by atoms with van der Waals surface area (Å²) in [6.07, 6.45) is -4.71. The van der Waals surface area contributed by atoms with Crippen molar-refractivity contribution in [3.05, 3.63) is 54.1 Å². The molecule has 1 N–H and O–H groups in total. The Hall–Kier alpha value is -3.08. The lowest BCUT2D eigenvalue weighted by molar-refractivity contribution is -0.274. The number of benzene rings is 2. The van der Waals surface area contributed by atoms with Gasteiger partial charge in [-0.15, -0.1) is 13.2 Å². The molecule has 172 valence electrons. The number of nitrogens with one attached hydrogen (secondary N) is 1. The lowest BCUT2D eigenvalue weighted by Crippen LogP contribution is -2.64. The van der Waals surface area contributed by atoms with Crippen LogP contribution in [0.3, 0.4) is 0 Å². The first-order valence-electron chi connectivity index (χ1n) is 10.0. The fourth-order valence-corrected chi connectivity index (χ4v) is 3.88. The summed E-state index contributed by atoms with van der Waals surface area (Å²) in [5.74, 6) is -1.78. The van der Waals surface area contributed by atoms with E-state index in [0.717, 1.165) is 37.0 Å². The molecule has 2 aliphatic heterocycles. The lowest BCUT2D eigenvalue weighted by Gasteiger charge is -2.48. The van der Waals surface area contributed by atoms with Crippen molar-refractivity contribution in [3.63, 3.8) is 0 Å². The summed E-state index contributed by atoms with van der Waals surface area (Å²) < 4.78 is 67.2. The van der Waals surface area contributed by atoms with Gasteiger partial charge in [0.25, 0.3) is 0 Å². The largest absolute Gasteiger partial charge is 0.573 e. The van der Waals surface area contributed by atoms with E-state index >= 15 is 0 Å². The zero-order chi connectivity index (χ0) is 22.9. The highest BCUT2D eigenvalue weighted by molar-refractivity contribution is 5.89. The van der Waals surface area contributed by atoms with E-state index in [2.05, 4.69) is 19.9 Å². The van der Waals surface area contributed by atoms with Gasteiger partial charge in [-0.1, -0.05) is 0 Å². The van der Waals surface area contributed by atoms with E-state index in [9.17, 15) is 26.7 Å². The highest BCUT2D eigenvalue weighted by Crippen LogP contribution is 2.27. The normalized spacial score (nSPS) is 17.8. The zero-order valence-corrected chi connectivity index (χ0v) is 16.9. The first-order chi connectivity index (χ1) is 15.2. The number of alkyl halides is 3. The van der Waals surface area contributed by atoms with Gasteiger partial charge in [0, 0.05) is 62.8 Å². The van der Waals surface area contributed by atoms with E-state index in [-0.39, 0.29) is 17.5 Å². The maximum atomic E-state index is 13.3. The molecule has 0 aromatic heterocycles. The third-order valence-corrected chi connectivity index (χ3v) is 5.53. The molecule has 2 aromatic carbocycles. The molecule has 4 rings (SSSR count). The van der Waals surface area contributed by atoms with Crippen LogP contribution in [-0.4, -0.2) is 67.5 Å². The van der Waals surface area contributed by atoms with Gasteiger partial charge in [-0.05, 0) is 36.4 Å². The number of ether oxygens (including phenoxy) is 1. The van der Waals surface area contributed by atoms with Crippen LogP contribution in [0, 0.1) is 11.6 Å². The maximum Gasteiger partial charge on any atom is 0.573 e. The van der Waals surface area contributed by atoms with Crippen molar-refractivity contribution in [3.8, 4) is 5.75 Å². The minimum absolute atomic E-state index is 0.0659. The SMILES string of the molecule is O=C(Nc1cc(F)cc(F)c1)N1CC(N2CCN(c3ccc(OC(F)(F)F)cc3)CC2)C1. The molecule has 0 radical (unpaired) electrons. The second-order valence-electron chi connectivity index (χ2n) is 7.71. The van der Waals surface area contributed by atoms with E-state index < -0.39 is 24.0 Å². The van der Waals surface area contributed by atoms with Crippen molar-refractivity contribution >= 4 is 17.4 Å². The number of carbonyl (C=O) groups is 1. The molecule has 6 nitrogen and oxygen atoms in total. The summed E-state index contributed by atoms with van der Waals surface area (Å²) in [5, 5.41) is 2.50. The van der Waals surface area contributed by atoms with Crippen LogP contribution in [0.1, 0.15) is 0 Å². The molecule has 0 saturated carbocycles. The highest BCUT2D eigenvalue weighted by atomic mass is 19.4. The average Bonchev–Trinajstić information content (AvgIpc) is 2.66. The Balaban J connectivity index is 1.22. The van der Waals surface area contributed by atoms with Crippen LogP contribution >= 0.6 is 0 Å². The minimum atomic E-state index is -4.71. The summed E-state index contributed by atoms with van der Waals surface area (Å²) in [7, 11) is 0. The Kier molecular flexibility index (Phi) is 6.09. The van der Waals surface area contributed by atoms with Gasteiger partial charge < -0.3 is 19.9 Å². The molecular weight excluding hydrogens is 435 g/mol. The number of anilines is 2. The van der Waals surface area contributed by atoms with Crippen molar-refractivity contribution in [2.24, 2.45) is 0 Å².